The zero-order valence-electron chi connectivity index (χ0n) is 15.8. The Bertz CT molecular complexity index is 693. The van der Waals surface area contributed by atoms with Crippen LogP contribution in [0, 0.1) is 11.3 Å². The molecule has 0 radical (unpaired) electrons. The molecule has 0 bridgehead atoms. The Morgan fingerprint density at radius 2 is 1.85 bits per heavy atom. The summed E-state index contributed by atoms with van der Waals surface area (Å²) in [5.41, 5.74) is 0.497. The lowest BCUT2D eigenvalue weighted by Crippen LogP contribution is -2.50. The Hall–Kier alpha value is -2.95. The van der Waals surface area contributed by atoms with E-state index in [0.29, 0.717) is 69.3 Å². The van der Waals surface area contributed by atoms with Gasteiger partial charge in [-0.1, -0.05) is 0 Å². The SMILES string of the molecule is CCOC(=O)N1CCN(C(=O)CCCOc2ccc(C#N)cc2OC)CC1. The lowest BCUT2D eigenvalue weighted by molar-refractivity contribution is -0.133. The Labute approximate surface area is 159 Å². The number of nitriles is 1. The molecular weight excluding hydrogens is 350 g/mol. The molecule has 8 heteroatoms. The normalized spacial score (nSPS) is 13.7. The highest BCUT2D eigenvalue weighted by atomic mass is 16.6. The quantitative estimate of drug-likeness (QED) is 0.677. The zero-order valence-corrected chi connectivity index (χ0v) is 15.8. The third kappa shape index (κ3) is 5.78. The fraction of sp³-hybridized carbons (Fsp3) is 0.526. The van der Waals surface area contributed by atoms with Crippen LogP contribution in [0.5, 0.6) is 11.5 Å². The molecule has 0 aliphatic carbocycles. The molecule has 0 spiro atoms. The summed E-state index contributed by atoms with van der Waals surface area (Å²) in [7, 11) is 1.52. The number of nitrogens with zero attached hydrogens (tertiary/aromatic N) is 3. The zero-order chi connectivity index (χ0) is 19.6. The first-order chi connectivity index (χ1) is 13.1. The van der Waals surface area contributed by atoms with Crippen LogP contribution in [0.3, 0.4) is 0 Å². The van der Waals surface area contributed by atoms with Gasteiger partial charge in [0.2, 0.25) is 5.91 Å². The van der Waals surface area contributed by atoms with Crippen molar-refractivity contribution in [2.45, 2.75) is 19.8 Å². The van der Waals surface area contributed by atoms with Gasteiger partial charge in [0.25, 0.3) is 0 Å². The van der Waals surface area contributed by atoms with Gasteiger partial charge in [-0.25, -0.2) is 4.79 Å². The van der Waals surface area contributed by atoms with Crippen molar-refractivity contribution in [3.8, 4) is 17.6 Å². The van der Waals surface area contributed by atoms with Gasteiger partial charge in [0.05, 0.1) is 32.0 Å². The second-order valence-corrected chi connectivity index (χ2v) is 6.00. The molecule has 1 aromatic rings. The van der Waals surface area contributed by atoms with Crippen LogP contribution in [0.15, 0.2) is 18.2 Å². The van der Waals surface area contributed by atoms with Crippen molar-refractivity contribution in [3.63, 3.8) is 0 Å². The lowest BCUT2D eigenvalue weighted by atomic mass is 10.2. The standard InChI is InChI=1S/C19H25N3O5/c1-3-26-19(24)22-10-8-21(9-11-22)18(23)5-4-12-27-16-7-6-15(14-20)13-17(16)25-2/h6-7,13H,3-5,8-12H2,1-2H3. The minimum atomic E-state index is -0.325. The molecule has 1 heterocycles. The van der Waals surface area contributed by atoms with Crippen molar-refractivity contribution in [2.24, 2.45) is 0 Å². The van der Waals surface area contributed by atoms with Crippen molar-refractivity contribution in [2.75, 3.05) is 46.5 Å². The maximum Gasteiger partial charge on any atom is 0.409 e. The number of ether oxygens (including phenoxy) is 3. The average Bonchev–Trinajstić information content (AvgIpc) is 2.71. The summed E-state index contributed by atoms with van der Waals surface area (Å²) in [5.74, 6) is 1.09. The maximum absolute atomic E-state index is 12.3. The van der Waals surface area contributed by atoms with Crippen molar-refractivity contribution in [3.05, 3.63) is 23.8 Å². The Morgan fingerprint density at radius 3 is 2.48 bits per heavy atom. The van der Waals surface area contributed by atoms with Crippen LogP contribution in [-0.4, -0.2) is 68.3 Å². The number of benzene rings is 1. The summed E-state index contributed by atoms with van der Waals surface area (Å²) in [6.45, 7) is 4.50. The number of hydrogen-bond acceptors (Lipinski definition) is 6. The Balaban J connectivity index is 1.71. The third-order valence-corrected chi connectivity index (χ3v) is 4.24. The predicted octanol–water partition coefficient (Wildman–Crippen LogP) is 2.03. The highest BCUT2D eigenvalue weighted by Gasteiger charge is 2.24. The van der Waals surface area contributed by atoms with Gasteiger partial charge in [-0.15, -0.1) is 0 Å². The Morgan fingerprint density at radius 1 is 1.15 bits per heavy atom. The molecule has 0 saturated carbocycles. The molecule has 0 aromatic heterocycles. The summed E-state index contributed by atoms with van der Waals surface area (Å²) in [5, 5.41) is 8.90. The van der Waals surface area contributed by atoms with Gasteiger partial charge in [0.1, 0.15) is 0 Å². The predicted molar refractivity (Wildman–Crippen MR) is 97.6 cm³/mol. The number of piperazine rings is 1. The molecular formula is C19H25N3O5. The van der Waals surface area contributed by atoms with Crippen LogP contribution in [0.1, 0.15) is 25.3 Å². The highest BCUT2D eigenvalue weighted by molar-refractivity contribution is 5.76. The molecule has 0 N–H and O–H groups in total. The fourth-order valence-corrected chi connectivity index (χ4v) is 2.77. The van der Waals surface area contributed by atoms with Crippen molar-refractivity contribution in [1.82, 2.24) is 9.80 Å². The van der Waals surface area contributed by atoms with Crippen molar-refractivity contribution in [1.29, 1.82) is 5.26 Å². The van der Waals surface area contributed by atoms with Crippen LogP contribution in [0.4, 0.5) is 4.79 Å². The summed E-state index contributed by atoms with van der Waals surface area (Å²) in [6, 6.07) is 7.01. The van der Waals surface area contributed by atoms with E-state index in [2.05, 4.69) is 0 Å². The number of carbonyl (C=O) groups is 2. The van der Waals surface area contributed by atoms with E-state index in [1.165, 1.54) is 7.11 Å². The second-order valence-electron chi connectivity index (χ2n) is 6.00. The van der Waals surface area contributed by atoms with Crippen molar-refractivity contribution >= 4 is 12.0 Å². The number of rotatable bonds is 7. The van der Waals surface area contributed by atoms with E-state index in [0.717, 1.165) is 0 Å². The molecule has 1 fully saturated rings. The van der Waals surface area contributed by atoms with Gasteiger partial charge in [0, 0.05) is 38.7 Å². The average molecular weight is 375 g/mol. The number of carbonyl (C=O) groups excluding carboxylic acids is 2. The molecule has 8 nitrogen and oxygen atoms in total. The molecule has 1 saturated heterocycles. The van der Waals surface area contributed by atoms with Gasteiger partial charge in [-0.3, -0.25) is 4.79 Å². The summed E-state index contributed by atoms with van der Waals surface area (Å²) < 4.78 is 15.9. The first kappa shape index (κ1) is 20.4. The minimum absolute atomic E-state index is 0.0499. The summed E-state index contributed by atoms with van der Waals surface area (Å²) in [6.07, 6.45) is 0.618. The van der Waals surface area contributed by atoms with E-state index < -0.39 is 0 Å². The van der Waals surface area contributed by atoms with E-state index in [1.807, 2.05) is 6.07 Å². The first-order valence-corrected chi connectivity index (χ1v) is 8.99. The van der Waals surface area contributed by atoms with Gasteiger partial charge < -0.3 is 24.0 Å². The van der Waals surface area contributed by atoms with Gasteiger partial charge in [-0.05, 0) is 25.5 Å². The monoisotopic (exact) mass is 375 g/mol. The van der Waals surface area contributed by atoms with Crippen LogP contribution >= 0.6 is 0 Å². The first-order valence-electron chi connectivity index (χ1n) is 8.99. The van der Waals surface area contributed by atoms with Crippen LogP contribution in [-0.2, 0) is 9.53 Å². The molecule has 2 rings (SSSR count). The van der Waals surface area contributed by atoms with E-state index in [1.54, 1.807) is 34.9 Å². The van der Waals surface area contributed by atoms with E-state index in [4.69, 9.17) is 19.5 Å². The highest BCUT2D eigenvalue weighted by Crippen LogP contribution is 2.28. The third-order valence-electron chi connectivity index (χ3n) is 4.24. The fourth-order valence-electron chi connectivity index (χ4n) is 2.77. The molecule has 1 aromatic carbocycles. The molecule has 27 heavy (non-hydrogen) atoms. The van der Waals surface area contributed by atoms with Gasteiger partial charge >= 0.3 is 6.09 Å². The molecule has 146 valence electrons. The van der Waals surface area contributed by atoms with Gasteiger partial charge in [0.15, 0.2) is 11.5 Å². The Kier molecular flexibility index (Phi) is 7.74. The van der Waals surface area contributed by atoms with E-state index in [-0.39, 0.29) is 12.0 Å². The van der Waals surface area contributed by atoms with Gasteiger partial charge in [-0.2, -0.15) is 5.26 Å². The molecule has 1 aliphatic rings. The molecule has 0 atom stereocenters. The molecule has 0 unspecified atom stereocenters. The smallest absolute Gasteiger partial charge is 0.409 e. The number of amides is 2. The molecule has 2 amide bonds. The molecule has 1 aliphatic heterocycles. The van der Waals surface area contributed by atoms with E-state index in [9.17, 15) is 9.59 Å². The van der Waals surface area contributed by atoms with E-state index >= 15 is 0 Å². The van der Waals surface area contributed by atoms with Crippen LogP contribution in [0.2, 0.25) is 0 Å². The minimum Gasteiger partial charge on any atom is -0.493 e. The lowest BCUT2D eigenvalue weighted by Gasteiger charge is -2.34. The summed E-state index contributed by atoms with van der Waals surface area (Å²) in [4.78, 5) is 27.3. The van der Waals surface area contributed by atoms with Crippen LogP contribution in [0.25, 0.3) is 0 Å². The maximum atomic E-state index is 12.3. The summed E-state index contributed by atoms with van der Waals surface area (Å²) >= 11 is 0. The second kappa shape index (κ2) is 10.3. The van der Waals surface area contributed by atoms with Crippen LogP contribution < -0.4 is 9.47 Å². The number of methoxy groups -OCH3 is 1. The van der Waals surface area contributed by atoms with Crippen molar-refractivity contribution < 1.29 is 23.8 Å². The number of hydrogen-bond donors (Lipinski definition) is 0. The topological polar surface area (TPSA) is 92.1 Å². The largest absolute Gasteiger partial charge is 0.493 e.